The van der Waals surface area contributed by atoms with Gasteiger partial charge in [0.05, 0.1) is 0 Å². The fourth-order valence-electron chi connectivity index (χ4n) is 1.66. The molecule has 91 valence electrons. The maximum Gasteiger partial charge on any atom is 0.343 e. The van der Waals surface area contributed by atoms with E-state index < -0.39 is 25.7 Å². The quantitative estimate of drug-likeness (QED) is 0.423. The average molecular weight is 385 g/mol. The van der Waals surface area contributed by atoms with E-state index >= 15 is 0 Å². The largest absolute Gasteiger partial charge is 0.412 e. The first-order chi connectivity index (χ1) is 7.30. The van der Waals surface area contributed by atoms with Crippen LogP contribution in [0.2, 0.25) is 19.6 Å². The van der Waals surface area contributed by atoms with Crippen LogP contribution in [0.5, 0.6) is 0 Å². The van der Waals surface area contributed by atoms with Crippen molar-refractivity contribution in [1.82, 2.24) is 0 Å². The van der Waals surface area contributed by atoms with E-state index in [0.29, 0.717) is 0 Å². The van der Waals surface area contributed by atoms with Crippen LogP contribution >= 0.6 is 22.6 Å². The van der Waals surface area contributed by atoms with Gasteiger partial charge in [-0.2, -0.15) is 0 Å². The second kappa shape index (κ2) is 5.16. The Balaban J connectivity index is 2.99. The van der Waals surface area contributed by atoms with Gasteiger partial charge < -0.3 is 12.3 Å². The molecule has 0 aromatic carbocycles. The molecular weight excluding hydrogens is 367 g/mol. The molecule has 0 aliphatic carbocycles. The Labute approximate surface area is 115 Å². The molecule has 0 amide bonds. The van der Waals surface area contributed by atoms with Crippen molar-refractivity contribution in [2.75, 3.05) is 4.43 Å². The summed E-state index contributed by atoms with van der Waals surface area (Å²) in [7, 11) is -6.79. The van der Waals surface area contributed by atoms with E-state index in [-0.39, 0.29) is 0 Å². The van der Waals surface area contributed by atoms with Gasteiger partial charge in [-0.3, -0.25) is 0 Å². The summed E-state index contributed by atoms with van der Waals surface area (Å²) in [5.74, 6) is 0. The molecule has 7 heteroatoms. The van der Waals surface area contributed by atoms with Crippen molar-refractivity contribution in [3.63, 3.8) is 0 Å². The molecule has 0 saturated carbocycles. The molecule has 0 bridgehead atoms. The Hall–Kier alpha value is 0.741. The molecule has 1 aliphatic rings. The first kappa shape index (κ1) is 14.8. The summed E-state index contributed by atoms with van der Waals surface area (Å²) >= 11 is 2.31. The van der Waals surface area contributed by atoms with Crippen LogP contribution in [0, 0.1) is 6.04 Å². The molecule has 0 N–H and O–H groups in total. The van der Waals surface area contributed by atoms with E-state index in [1.807, 2.05) is 24.5 Å². The molecule has 3 nitrogen and oxygen atoms in total. The summed E-state index contributed by atoms with van der Waals surface area (Å²) < 4.78 is 19.1. The van der Waals surface area contributed by atoms with E-state index in [1.54, 1.807) is 0 Å². The minimum absolute atomic E-state index is 0.920. The predicted molar refractivity (Wildman–Crippen MR) is 81.7 cm³/mol. The van der Waals surface area contributed by atoms with Gasteiger partial charge in [-0.25, -0.2) is 0 Å². The van der Waals surface area contributed by atoms with E-state index in [4.69, 9.17) is 12.3 Å². The molecule has 2 unspecified atom stereocenters. The first-order valence-corrected chi connectivity index (χ1v) is 13.8. The zero-order chi connectivity index (χ0) is 12.4. The van der Waals surface area contributed by atoms with Gasteiger partial charge in [0.15, 0.2) is 0 Å². The lowest BCUT2D eigenvalue weighted by atomic mass is 11.0. The zero-order valence-corrected chi connectivity index (χ0v) is 15.1. The minimum atomic E-state index is -2.28. The third kappa shape index (κ3) is 3.37. The highest BCUT2D eigenvalue weighted by Gasteiger charge is 2.54. The fraction of sp³-hybridized carbons (Fsp3) is 0.444. The Bertz CT molecular complexity index is 280. The SMILES string of the molecule is C=C[Si]1(C)O[Si](C)([CH]CI)O[Si](C)(C=C)O1. The zero-order valence-electron chi connectivity index (χ0n) is 9.96. The number of hydrogen-bond acceptors (Lipinski definition) is 3. The summed E-state index contributed by atoms with van der Waals surface area (Å²) in [6.07, 6.45) is 0. The maximum atomic E-state index is 6.09. The van der Waals surface area contributed by atoms with Crippen molar-refractivity contribution >= 4 is 48.3 Å². The van der Waals surface area contributed by atoms with Crippen LogP contribution in [-0.2, 0) is 12.3 Å². The van der Waals surface area contributed by atoms with Crippen molar-refractivity contribution in [2.24, 2.45) is 0 Å². The molecule has 1 heterocycles. The van der Waals surface area contributed by atoms with Crippen LogP contribution in [0.4, 0.5) is 0 Å². The van der Waals surface area contributed by atoms with Gasteiger partial charge in [-0.15, -0.1) is 13.2 Å². The minimum Gasteiger partial charge on any atom is -0.412 e. The number of hydrogen-bond donors (Lipinski definition) is 0. The molecule has 1 saturated heterocycles. The van der Waals surface area contributed by atoms with Crippen molar-refractivity contribution in [3.8, 4) is 0 Å². The number of rotatable bonds is 4. The number of halogens is 1. The molecule has 2 atom stereocenters. The summed E-state index contributed by atoms with van der Waals surface area (Å²) in [6, 6.07) is 2.15. The van der Waals surface area contributed by atoms with E-state index in [2.05, 4.69) is 48.3 Å². The van der Waals surface area contributed by atoms with Gasteiger partial charge in [0, 0.05) is 10.5 Å². The third-order valence-electron chi connectivity index (χ3n) is 2.41. The van der Waals surface area contributed by atoms with Gasteiger partial charge in [0.2, 0.25) is 0 Å². The molecule has 1 rings (SSSR count). The van der Waals surface area contributed by atoms with Crippen LogP contribution in [0.15, 0.2) is 24.6 Å². The third-order valence-corrected chi connectivity index (χ3v) is 15.8. The maximum absolute atomic E-state index is 6.09. The first-order valence-electron chi connectivity index (χ1n) is 5.08. The molecular formula is C9H18IO3Si3. The normalized spacial score (nSPS) is 44.0. The molecule has 16 heavy (non-hydrogen) atoms. The lowest BCUT2D eigenvalue weighted by molar-refractivity contribution is 0.247. The molecule has 1 aliphatic heterocycles. The molecule has 0 aromatic rings. The summed E-state index contributed by atoms with van der Waals surface area (Å²) in [6.45, 7) is 13.8. The van der Waals surface area contributed by atoms with E-state index in [0.717, 1.165) is 4.43 Å². The molecule has 1 fully saturated rings. The van der Waals surface area contributed by atoms with Crippen LogP contribution in [-0.4, -0.2) is 30.1 Å². The fourth-order valence-corrected chi connectivity index (χ4v) is 17.6. The lowest BCUT2D eigenvalue weighted by Crippen LogP contribution is -2.66. The summed E-state index contributed by atoms with van der Waals surface area (Å²) in [5, 5.41) is 0. The van der Waals surface area contributed by atoms with Gasteiger partial charge in [-0.1, -0.05) is 34.0 Å². The van der Waals surface area contributed by atoms with Gasteiger partial charge >= 0.3 is 25.7 Å². The molecule has 0 spiro atoms. The van der Waals surface area contributed by atoms with E-state index in [1.165, 1.54) is 0 Å². The predicted octanol–water partition coefficient (Wildman–Crippen LogP) is 2.89. The second-order valence-corrected chi connectivity index (χ2v) is 14.8. The lowest BCUT2D eigenvalue weighted by Gasteiger charge is -2.47. The van der Waals surface area contributed by atoms with Crippen molar-refractivity contribution in [2.45, 2.75) is 19.6 Å². The van der Waals surface area contributed by atoms with Gasteiger partial charge in [0.1, 0.15) is 0 Å². The van der Waals surface area contributed by atoms with E-state index in [9.17, 15) is 0 Å². The summed E-state index contributed by atoms with van der Waals surface area (Å²) in [5.41, 5.74) is 3.66. The highest BCUT2D eigenvalue weighted by atomic mass is 127. The van der Waals surface area contributed by atoms with Gasteiger partial charge in [-0.05, 0) is 19.6 Å². The highest BCUT2D eigenvalue weighted by molar-refractivity contribution is 14.1. The second-order valence-electron chi connectivity index (χ2n) is 4.12. The van der Waals surface area contributed by atoms with Crippen LogP contribution in [0.25, 0.3) is 0 Å². The standard InChI is InChI=1S/C9H18IO3Si3/c1-6-14(3)11-15(4,7-2)13-16(5,12-14)9-8-10/h6-7,9H,1-2,8H2,3-5H3. The Kier molecular flexibility index (Phi) is 4.77. The van der Waals surface area contributed by atoms with Crippen molar-refractivity contribution in [1.29, 1.82) is 0 Å². The Morgan fingerprint density at radius 2 is 1.31 bits per heavy atom. The molecule has 0 aromatic heterocycles. The number of alkyl halides is 1. The Morgan fingerprint density at radius 1 is 0.938 bits per heavy atom. The van der Waals surface area contributed by atoms with Crippen LogP contribution < -0.4 is 0 Å². The summed E-state index contributed by atoms with van der Waals surface area (Å²) in [4.78, 5) is 0. The Morgan fingerprint density at radius 3 is 1.62 bits per heavy atom. The van der Waals surface area contributed by atoms with Crippen LogP contribution in [0.3, 0.4) is 0 Å². The van der Waals surface area contributed by atoms with Crippen LogP contribution in [0.1, 0.15) is 0 Å². The average Bonchev–Trinajstić information content (AvgIpc) is 2.16. The van der Waals surface area contributed by atoms with Crippen molar-refractivity contribution < 1.29 is 12.3 Å². The monoisotopic (exact) mass is 385 g/mol. The molecule has 1 radical (unpaired) electrons. The van der Waals surface area contributed by atoms with Gasteiger partial charge in [0.25, 0.3) is 0 Å². The topological polar surface area (TPSA) is 27.7 Å². The van der Waals surface area contributed by atoms with Crippen molar-refractivity contribution in [3.05, 3.63) is 30.6 Å². The highest BCUT2D eigenvalue weighted by Crippen LogP contribution is 2.33. The smallest absolute Gasteiger partial charge is 0.343 e.